The number of rotatable bonds is 4. The molecule has 0 radical (unpaired) electrons. The van der Waals surface area contributed by atoms with Crippen molar-refractivity contribution in [2.75, 3.05) is 26.1 Å². The Morgan fingerprint density at radius 3 is 2.67 bits per heavy atom. The fourth-order valence-electron chi connectivity index (χ4n) is 1.44. The molecule has 1 fully saturated rings. The van der Waals surface area contributed by atoms with Crippen molar-refractivity contribution in [2.24, 2.45) is 0 Å². The SMILES string of the molecule is COc1nccc(OC2CC2)c1N(C)C. The van der Waals surface area contributed by atoms with Crippen LogP contribution in [0.15, 0.2) is 12.3 Å². The zero-order chi connectivity index (χ0) is 10.8. The summed E-state index contributed by atoms with van der Waals surface area (Å²) in [5.41, 5.74) is 0.909. The highest BCUT2D eigenvalue weighted by Crippen LogP contribution is 2.37. The highest BCUT2D eigenvalue weighted by atomic mass is 16.5. The fraction of sp³-hybridized carbons (Fsp3) is 0.545. The first kappa shape index (κ1) is 10.1. The molecule has 1 aromatic heterocycles. The van der Waals surface area contributed by atoms with Crippen molar-refractivity contribution in [1.82, 2.24) is 4.98 Å². The summed E-state index contributed by atoms with van der Waals surface area (Å²) >= 11 is 0. The smallest absolute Gasteiger partial charge is 0.241 e. The van der Waals surface area contributed by atoms with E-state index in [4.69, 9.17) is 9.47 Å². The van der Waals surface area contributed by atoms with Gasteiger partial charge in [-0.15, -0.1) is 0 Å². The summed E-state index contributed by atoms with van der Waals surface area (Å²) in [5.74, 6) is 1.47. The minimum Gasteiger partial charge on any atom is -0.488 e. The van der Waals surface area contributed by atoms with Gasteiger partial charge in [-0.25, -0.2) is 4.98 Å². The predicted molar refractivity (Wildman–Crippen MR) is 58.8 cm³/mol. The van der Waals surface area contributed by atoms with Gasteiger partial charge < -0.3 is 14.4 Å². The first-order valence-corrected chi connectivity index (χ1v) is 5.09. The van der Waals surface area contributed by atoms with Crippen LogP contribution in [0.1, 0.15) is 12.8 Å². The highest BCUT2D eigenvalue weighted by molar-refractivity contribution is 5.64. The van der Waals surface area contributed by atoms with Crippen LogP contribution in [-0.2, 0) is 0 Å². The van der Waals surface area contributed by atoms with Crippen LogP contribution in [0.4, 0.5) is 5.69 Å². The number of ether oxygens (including phenoxy) is 2. The lowest BCUT2D eigenvalue weighted by Gasteiger charge is -2.19. The van der Waals surface area contributed by atoms with Gasteiger partial charge in [0, 0.05) is 26.4 Å². The second-order valence-electron chi connectivity index (χ2n) is 3.88. The number of anilines is 1. The van der Waals surface area contributed by atoms with Gasteiger partial charge in [-0.1, -0.05) is 0 Å². The molecular formula is C11H16N2O2. The van der Waals surface area contributed by atoms with Gasteiger partial charge in [-0.3, -0.25) is 0 Å². The van der Waals surface area contributed by atoms with Gasteiger partial charge in [0.2, 0.25) is 5.88 Å². The van der Waals surface area contributed by atoms with Gasteiger partial charge in [-0.2, -0.15) is 0 Å². The summed E-state index contributed by atoms with van der Waals surface area (Å²) in [6, 6.07) is 1.89. The van der Waals surface area contributed by atoms with Crippen molar-refractivity contribution in [3.05, 3.63) is 12.3 Å². The van der Waals surface area contributed by atoms with Gasteiger partial charge in [-0.05, 0) is 12.8 Å². The second-order valence-corrected chi connectivity index (χ2v) is 3.88. The topological polar surface area (TPSA) is 34.6 Å². The molecule has 0 unspecified atom stereocenters. The number of aromatic nitrogens is 1. The molecule has 1 aliphatic rings. The van der Waals surface area contributed by atoms with Crippen LogP contribution in [0.2, 0.25) is 0 Å². The molecule has 1 saturated carbocycles. The molecule has 4 heteroatoms. The summed E-state index contributed by atoms with van der Waals surface area (Å²) < 4.78 is 11.0. The molecule has 4 nitrogen and oxygen atoms in total. The van der Waals surface area contributed by atoms with E-state index < -0.39 is 0 Å². The Morgan fingerprint density at radius 1 is 1.40 bits per heavy atom. The molecule has 0 N–H and O–H groups in total. The maximum Gasteiger partial charge on any atom is 0.241 e. The Labute approximate surface area is 89.8 Å². The van der Waals surface area contributed by atoms with Gasteiger partial charge in [0.25, 0.3) is 0 Å². The molecular weight excluding hydrogens is 192 g/mol. The number of hydrogen-bond acceptors (Lipinski definition) is 4. The average Bonchev–Trinajstić information content (AvgIpc) is 3.01. The summed E-state index contributed by atoms with van der Waals surface area (Å²) in [6.45, 7) is 0. The first-order chi connectivity index (χ1) is 7.22. The molecule has 0 saturated heterocycles. The summed E-state index contributed by atoms with van der Waals surface area (Å²) in [7, 11) is 5.54. The van der Waals surface area contributed by atoms with Crippen LogP contribution in [0.5, 0.6) is 11.6 Å². The van der Waals surface area contributed by atoms with Gasteiger partial charge >= 0.3 is 0 Å². The zero-order valence-electron chi connectivity index (χ0n) is 9.36. The monoisotopic (exact) mass is 208 g/mol. The van der Waals surface area contributed by atoms with Crippen LogP contribution in [0.25, 0.3) is 0 Å². The Balaban J connectivity index is 2.32. The third-order valence-corrected chi connectivity index (χ3v) is 2.31. The standard InChI is InChI=1S/C11H16N2O2/c1-13(2)10-9(15-8-4-5-8)6-7-12-11(10)14-3/h6-8H,4-5H2,1-3H3. The van der Waals surface area contributed by atoms with E-state index in [1.165, 1.54) is 0 Å². The second kappa shape index (κ2) is 3.96. The third-order valence-electron chi connectivity index (χ3n) is 2.31. The largest absolute Gasteiger partial charge is 0.488 e. The van der Waals surface area contributed by atoms with E-state index in [9.17, 15) is 0 Å². The Kier molecular flexibility index (Phi) is 2.66. The molecule has 2 rings (SSSR count). The van der Waals surface area contributed by atoms with Crippen molar-refractivity contribution in [2.45, 2.75) is 18.9 Å². The Morgan fingerprint density at radius 2 is 2.13 bits per heavy atom. The van der Waals surface area contributed by atoms with E-state index in [0.717, 1.165) is 24.3 Å². The molecule has 1 heterocycles. The predicted octanol–water partition coefficient (Wildman–Crippen LogP) is 1.70. The van der Waals surface area contributed by atoms with E-state index in [0.29, 0.717) is 12.0 Å². The lowest BCUT2D eigenvalue weighted by atomic mass is 10.3. The van der Waals surface area contributed by atoms with Crippen LogP contribution < -0.4 is 14.4 Å². The van der Waals surface area contributed by atoms with E-state index in [-0.39, 0.29) is 0 Å². The molecule has 0 atom stereocenters. The molecule has 0 aliphatic heterocycles. The van der Waals surface area contributed by atoms with Crippen LogP contribution in [0.3, 0.4) is 0 Å². The van der Waals surface area contributed by atoms with Gasteiger partial charge in [0.15, 0.2) is 0 Å². The van der Waals surface area contributed by atoms with Crippen molar-refractivity contribution in [3.63, 3.8) is 0 Å². The van der Waals surface area contributed by atoms with Crippen LogP contribution in [-0.4, -0.2) is 32.3 Å². The lowest BCUT2D eigenvalue weighted by molar-refractivity contribution is 0.300. The lowest BCUT2D eigenvalue weighted by Crippen LogP contribution is -2.13. The molecule has 82 valence electrons. The summed E-state index contributed by atoms with van der Waals surface area (Å²) in [5, 5.41) is 0. The van der Waals surface area contributed by atoms with E-state index in [2.05, 4.69) is 4.98 Å². The molecule has 0 spiro atoms. The van der Waals surface area contributed by atoms with Gasteiger partial charge in [0.1, 0.15) is 11.4 Å². The van der Waals surface area contributed by atoms with Gasteiger partial charge in [0.05, 0.1) is 13.2 Å². The fourth-order valence-corrected chi connectivity index (χ4v) is 1.44. The first-order valence-electron chi connectivity index (χ1n) is 5.09. The van der Waals surface area contributed by atoms with Crippen LogP contribution in [0, 0.1) is 0 Å². The molecule has 1 aliphatic carbocycles. The third kappa shape index (κ3) is 2.14. The molecule has 1 aromatic rings. The molecule has 0 bridgehead atoms. The highest BCUT2D eigenvalue weighted by Gasteiger charge is 2.26. The van der Waals surface area contributed by atoms with Crippen LogP contribution >= 0.6 is 0 Å². The maximum atomic E-state index is 5.80. The minimum atomic E-state index is 0.385. The number of nitrogens with zero attached hydrogens (tertiary/aromatic N) is 2. The Hall–Kier alpha value is -1.45. The van der Waals surface area contributed by atoms with E-state index in [1.54, 1.807) is 13.3 Å². The summed E-state index contributed by atoms with van der Waals surface area (Å²) in [6.07, 6.45) is 4.40. The number of pyridine rings is 1. The van der Waals surface area contributed by atoms with Crippen molar-refractivity contribution >= 4 is 5.69 Å². The molecule has 0 amide bonds. The minimum absolute atomic E-state index is 0.385. The average molecular weight is 208 g/mol. The Bertz CT molecular complexity index is 348. The zero-order valence-corrected chi connectivity index (χ0v) is 9.36. The molecule has 0 aromatic carbocycles. The normalized spacial score (nSPS) is 14.9. The number of hydrogen-bond donors (Lipinski definition) is 0. The van der Waals surface area contributed by atoms with Crippen molar-refractivity contribution in [1.29, 1.82) is 0 Å². The van der Waals surface area contributed by atoms with E-state index in [1.807, 2.05) is 25.1 Å². The molecule has 15 heavy (non-hydrogen) atoms. The number of methoxy groups -OCH3 is 1. The van der Waals surface area contributed by atoms with Crippen molar-refractivity contribution < 1.29 is 9.47 Å². The summed E-state index contributed by atoms with van der Waals surface area (Å²) in [4.78, 5) is 6.12. The maximum absolute atomic E-state index is 5.80. The quantitative estimate of drug-likeness (QED) is 0.754. The van der Waals surface area contributed by atoms with Crippen molar-refractivity contribution in [3.8, 4) is 11.6 Å². The van der Waals surface area contributed by atoms with E-state index >= 15 is 0 Å².